The zero-order chi connectivity index (χ0) is 15.2. The van der Waals surface area contributed by atoms with Gasteiger partial charge >= 0.3 is 5.69 Å². The van der Waals surface area contributed by atoms with Crippen LogP contribution in [0.2, 0.25) is 0 Å². The fourth-order valence-electron chi connectivity index (χ4n) is 2.05. The number of nitrogens with one attached hydrogen (secondary N) is 1. The van der Waals surface area contributed by atoms with Gasteiger partial charge in [-0.3, -0.25) is 10.1 Å². The lowest BCUT2D eigenvalue weighted by molar-refractivity contribution is -0.384. The monoisotopic (exact) mass is 286 g/mol. The number of benzene rings is 1. The van der Waals surface area contributed by atoms with Crippen LogP contribution < -0.4 is 11.1 Å². The largest absolute Gasteiger partial charge is 0.360 e. The molecule has 110 valence electrons. The number of nitro groups is 1. The lowest BCUT2D eigenvalue weighted by Gasteiger charge is -2.17. The van der Waals surface area contributed by atoms with Crippen LogP contribution in [0, 0.1) is 17.0 Å². The third-order valence-electron chi connectivity index (χ3n) is 3.21. The van der Waals surface area contributed by atoms with Crippen LogP contribution in [0.1, 0.15) is 11.1 Å². The lowest BCUT2D eigenvalue weighted by atomic mass is 10.0. The van der Waals surface area contributed by atoms with Crippen molar-refractivity contribution in [2.45, 2.75) is 19.4 Å². The Morgan fingerprint density at radius 3 is 2.67 bits per heavy atom. The van der Waals surface area contributed by atoms with Crippen molar-refractivity contribution in [3.05, 3.63) is 63.8 Å². The molecule has 1 atom stereocenters. The molecule has 0 aliphatic rings. The predicted octanol–water partition coefficient (Wildman–Crippen LogP) is 2.28. The molecule has 1 aromatic carbocycles. The molecule has 2 rings (SSSR count). The normalized spacial score (nSPS) is 11.9. The average Bonchev–Trinajstić information content (AvgIpc) is 2.49. The smallest absolute Gasteiger partial charge is 0.311 e. The second kappa shape index (κ2) is 6.81. The molecule has 0 saturated heterocycles. The van der Waals surface area contributed by atoms with Gasteiger partial charge in [0, 0.05) is 24.8 Å². The number of aromatic nitrogens is 1. The summed E-state index contributed by atoms with van der Waals surface area (Å²) >= 11 is 0. The van der Waals surface area contributed by atoms with Crippen LogP contribution in [0.15, 0.2) is 42.6 Å². The summed E-state index contributed by atoms with van der Waals surface area (Å²) in [6.07, 6.45) is 2.21. The topological polar surface area (TPSA) is 94.1 Å². The summed E-state index contributed by atoms with van der Waals surface area (Å²) < 4.78 is 0. The third kappa shape index (κ3) is 4.00. The molecule has 3 N–H and O–H groups in total. The molecule has 0 spiro atoms. The summed E-state index contributed by atoms with van der Waals surface area (Å²) in [5.74, 6) is 0.255. The number of aryl methyl sites for hydroxylation is 1. The summed E-state index contributed by atoms with van der Waals surface area (Å²) in [5.41, 5.74) is 8.04. The fraction of sp³-hybridized carbons (Fsp3) is 0.267. The van der Waals surface area contributed by atoms with Gasteiger partial charge in [-0.1, -0.05) is 29.8 Å². The minimum atomic E-state index is -0.450. The Kier molecular flexibility index (Phi) is 4.84. The number of nitrogens with two attached hydrogens (primary N) is 1. The van der Waals surface area contributed by atoms with E-state index < -0.39 is 4.92 Å². The van der Waals surface area contributed by atoms with Crippen LogP contribution in [-0.2, 0) is 6.42 Å². The number of rotatable bonds is 6. The molecular formula is C15H18N4O2. The van der Waals surface area contributed by atoms with Gasteiger partial charge in [0.1, 0.15) is 0 Å². The van der Waals surface area contributed by atoms with Crippen molar-refractivity contribution >= 4 is 11.5 Å². The molecule has 0 aliphatic heterocycles. The maximum absolute atomic E-state index is 11.0. The molecule has 1 heterocycles. The second-order valence-corrected chi connectivity index (χ2v) is 4.89. The Hall–Kier alpha value is -2.47. The first-order valence-corrected chi connectivity index (χ1v) is 6.71. The van der Waals surface area contributed by atoms with E-state index in [1.807, 2.05) is 31.2 Å². The predicted molar refractivity (Wildman–Crippen MR) is 82.2 cm³/mol. The van der Waals surface area contributed by atoms with Crippen molar-refractivity contribution in [2.75, 3.05) is 11.9 Å². The van der Waals surface area contributed by atoms with Crippen LogP contribution in [0.5, 0.6) is 0 Å². The first-order valence-electron chi connectivity index (χ1n) is 6.71. The molecule has 0 unspecified atom stereocenters. The summed E-state index contributed by atoms with van der Waals surface area (Å²) in [7, 11) is 0. The van der Waals surface area contributed by atoms with E-state index in [0.29, 0.717) is 13.0 Å². The molecular weight excluding hydrogens is 268 g/mol. The van der Waals surface area contributed by atoms with E-state index in [4.69, 9.17) is 5.73 Å². The molecule has 0 radical (unpaired) electrons. The summed E-state index contributed by atoms with van der Waals surface area (Å²) in [6, 6.07) is 11.0. The van der Waals surface area contributed by atoms with Crippen LogP contribution in [-0.4, -0.2) is 22.5 Å². The first-order chi connectivity index (χ1) is 10.1. The first kappa shape index (κ1) is 14.9. The lowest BCUT2D eigenvalue weighted by Crippen LogP contribution is -2.31. The molecule has 1 aromatic heterocycles. The minimum Gasteiger partial charge on any atom is -0.360 e. The van der Waals surface area contributed by atoms with Gasteiger partial charge in [0.05, 0.1) is 4.92 Å². The van der Waals surface area contributed by atoms with Gasteiger partial charge < -0.3 is 11.1 Å². The van der Waals surface area contributed by atoms with E-state index in [1.165, 1.54) is 17.8 Å². The number of hydrogen-bond donors (Lipinski definition) is 2. The molecule has 0 aliphatic carbocycles. The van der Waals surface area contributed by atoms with Crippen LogP contribution in [0.25, 0.3) is 0 Å². The van der Waals surface area contributed by atoms with Gasteiger partial charge in [0.15, 0.2) is 0 Å². The number of hydrogen-bond acceptors (Lipinski definition) is 5. The number of anilines is 1. The summed E-state index contributed by atoms with van der Waals surface area (Å²) in [5, 5.41) is 14.0. The van der Waals surface area contributed by atoms with Crippen LogP contribution >= 0.6 is 0 Å². The van der Waals surface area contributed by atoms with Crippen molar-refractivity contribution in [1.82, 2.24) is 4.98 Å². The molecule has 21 heavy (non-hydrogen) atoms. The molecule has 0 bridgehead atoms. The van der Waals surface area contributed by atoms with Gasteiger partial charge in [0.25, 0.3) is 0 Å². The van der Waals surface area contributed by atoms with Crippen molar-refractivity contribution < 1.29 is 4.92 Å². The maximum atomic E-state index is 11.0. The third-order valence-corrected chi connectivity index (χ3v) is 3.21. The van der Waals surface area contributed by atoms with Crippen molar-refractivity contribution in [3.63, 3.8) is 0 Å². The maximum Gasteiger partial charge on any atom is 0.311 e. The van der Waals surface area contributed by atoms with Gasteiger partial charge in [-0.15, -0.1) is 0 Å². The van der Waals surface area contributed by atoms with Gasteiger partial charge in [-0.05, 0) is 25.0 Å². The van der Waals surface area contributed by atoms with E-state index in [0.717, 1.165) is 5.56 Å². The molecule has 0 saturated carbocycles. The zero-order valence-electron chi connectivity index (χ0n) is 11.8. The molecule has 6 heteroatoms. The quantitative estimate of drug-likeness (QED) is 0.627. The van der Waals surface area contributed by atoms with Crippen molar-refractivity contribution in [2.24, 2.45) is 5.73 Å². The highest BCUT2D eigenvalue weighted by molar-refractivity contribution is 5.55. The Labute approximate surface area is 123 Å². The Balaban J connectivity index is 2.12. The summed E-state index contributed by atoms with van der Waals surface area (Å²) in [4.78, 5) is 14.6. The van der Waals surface area contributed by atoms with Gasteiger partial charge in [-0.2, -0.15) is 0 Å². The van der Waals surface area contributed by atoms with Crippen LogP contribution in [0.3, 0.4) is 0 Å². The van der Waals surface area contributed by atoms with Crippen molar-refractivity contribution in [1.29, 1.82) is 0 Å². The fourth-order valence-corrected chi connectivity index (χ4v) is 2.05. The van der Waals surface area contributed by atoms with Crippen molar-refractivity contribution in [3.8, 4) is 0 Å². The number of pyridine rings is 1. The Morgan fingerprint density at radius 2 is 2.05 bits per heavy atom. The van der Waals surface area contributed by atoms with E-state index in [1.54, 1.807) is 6.07 Å². The Bertz CT molecular complexity index is 613. The zero-order valence-corrected chi connectivity index (χ0v) is 11.8. The number of nitrogens with zero attached hydrogens (tertiary/aromatic N) is 2. The second-order valence-electron chi connectivity index (χ2n) is 4.89. The van der Waals surface area contributed by atoms with E-state index in [-0.39, 0.29) is 17.5 Å². The highest BCUT2D eigenvalue weighted by atomic mass is 16.6. The SMILES string of the molecule is Cc1ccc(C[C@@H](CN)Nc2ncccc2[N+](=O)[O-])cc1. The van der Waals surface area contributed by atoms with E-state index >= 15 is 0 Å². The highest BCUT2D eigenvalue weighted by Crippen LogP contribution is 2.21. The van der Waals surface area contributed by atoms with E-state index in [9.17, 15) is 10.1 Å². The molecule has 0 amide bonds. The van der Waals surface area contributed by atoms with Gasteiger partial charge in [-0.25, -0.2) is 4.98 Å². The van der Waals surface area contributed by atoms with Gasteiger partial charge in [0.2, 0.25) is 5.82 Å². The average molecular weight is 286 g/mol. The molecule has 6 nitrogen and oxygen atoms in total. The van der Waals surface area contributed by atoms with E-state index in [2.05, 4.69) is 10.3 Å². The molecule has 2 aromatic rings. The minimum absolute atomic E-state index is 0.0418. The highest BCUT2D eigenvalue weighted by Gasteiger charge is 2.17. The summed E-state index contributed by atoms with van der Waals surface area (Å²) in [6.45, 7) is 2.39. The Morgan fingerprint density at radius 1 is 1.33 bits per heavy atom. The van der Waals surface area contributed by atoms with Crippen LogP contribution in [0.4, 0.5) is 11.5 Å². The standard InChI is InChI=1S/C15H18N4O2/c1-11-4-6-12(7-5-11)9-13(10-16)18-15-14(19(20)21)3-2-8-17-15/h2-8,13H,9-10,16H2,1H3,(H,17,18)/t13-/m0/s1. The molecule has 0 fully saturated rings.